The molecule has 0 unspecified atom stereocenters. The molecule has 3 rings (SSSR count). The molecule has 1 saturated heterocycles. The number of hydrogen-bond acceptors (Lipinski definition) is 5. The van der Waals surface area contributed by atoms with Gasteiger partial charge in [0.2, 0.25) is 5.91 Å². The van der Waals surface area contributed by atoms with Crippen molar-refractivity contribution in [2.75, 3.05) is 12.3 Å². The molecule has 23 heavy (non-hydrogen) atoms. The molecule has 0 bridgehead atoms. The molecule has 0 aromatic carbocycles. The van der Waals surface area contributed by atoms with Gasteiger partial charge in [-0.2, -0.15) is 0 Å². The minimum absolute atomic E-state index is 0.146. The fraction of sp³-hybridized carbons (Fsp3) is 0.562. The second-order valence-corrected chi connectivity index (χ2v) is 8.51. The number of nitrogens with zero attached hydrogens (tertiary/aromatic N) is 3. The summed E-state index contributed by atoms with van der Waals surface area (Å²) in [5.74, 6) is 2.32. The molecule has 2 aromatic rings. The maximum absolute atomic E-state index is 11.9. The van der Waals surface area contributed by atoms with E-state index in [0.29, 0.717) is 19.4 Å². The number of amides is 1. The molecular weight excluding hydrogens is 328 g/mol. The summed E-state index contributed by atoms with van der Waals surface area (Å²) < 4.78 is 1.96. The highest BCUT2D eigenvalue weighted by Crippen LogP contribution is 2.39. The Hall–Kier alpha value is -1.21. The zero-order valence-electron chi connectivity index (χ0n) is 13.1. The molecule has 1 amide bonds. The van der Waals surface area contributed by atoms with E-state index in [1.54, 1.807) is 0 Å². The quantitative estimate of drug-likeness (QED) is 0.585. The van der Waals surface area contributed by atoms with Crippen LogP contribution in [0.25, 0.3) is 5.65 Å². The minimum Gasteiger partial charge on any atom is -0.356 e. The van der Waals surface area contributed by atoms with Gasteiger partial charge in [-0.3, -0.25) is 9.20 Å². The molecule has 0 aliphatic carbocycles. The van der Waals surface area contributed by atoms with Crippen LogP contribution in [-0.2, 0) is 11.2 Å². The molecule has 2 aromatic heterocycles. The smallest absolute Gasteiger partial charge is 0.220 e. The van der Waals surface area contributed by atoms with Gasteiger partial charge in [0, 0.05) is 36.6 Å². The Balaban J connectivity index is 1.31. The summed E-state index contributed by atoms with van der Waals surface area (Å²) in [6.07, 6.45) is 8.00. The van der Waals surface area contributed by atoms with Crippen LogP contribution in [0.3, 0.4) is 0 Å². The van der Waals surface area contributed by atoms with Crippen molar-refractivity contribution in [3.8, 4) is 0 Å². The lowest BCUT2D eigenvalue weighted by Gasteiger charge is -2.07. The molecule has 1 atom stereocenters. The summed E-state index contributed by atoms with van der Waals surface area (Å²) in [7, 11) is 4.00. The van der Waals surface area contributed by atoms with Gasteiger partial charge in [0.15, 0.2) is 5.65 Å². The van der Waals surface area contributed by atoms with Gasteiger partial charge in [-0.25, -0.2) is 0 Å². The van der Waals surface area contributed by atoms with Crippen LogP contribution in [0.2, 0.25) is 0 Å². The van der Waals surface area contributed by atoms with Crippen molar-refractivity contribution in [1.82, 2.24) is 19.9 Å². The average molecular weight is 351 g/mol. The molecule has 1 aliphatic rings. The number of pyridine rings is 1. The second kappa shape index (κ2) is 8.59. The third-order valence-electron chi connectivity index (χ3n) is 3.96. The van der Waals surface area contributed by atoms with Crippen LogP contribution in [0.15, 0.2) is 24.4 Å². The zero-order chi connectivity index (χ0) is 15.9. The Morgan fingerprint density at radius 3 is 3.17 bits per heavy atom. The lowest BCUT2D eigenvalue weighted by atomic mass is 10.1. The lowest BCUT2D eigenvalue weighted by molar-refractivity contribution is -0.121. The van der Waals surface area contributed by atoms with Crippen LogP contribution >= 0.6 is 21.6 Å². The van der Waals surface area contributed by atoms with Crippen molar-refractivity contribution in [3.63, 3.8) is 0 Å². The van der Waals surface area contributed by atoms with Crippen molar-refractivity contribution in [2.45, 2.75) is 43.8 Å². The van der Waals surface area contributed by atoms with Gasteiger partial charge >= 0.3 is 0 Å². The van der Waals surface area contributed by atoms with Crippen LogP contribution < -0.4 is 5.32 Å². The molecule has 0 saturated carbocycles. The largest absolute Gasteiger partial charge is 0.356 e. The summed E-state index contributed by atoms with van der Waals surface area (Å²) in [6.45, 7) is 0.615. The zero-order valence-corrected chi connectivity index (χ0v) is 14.7. The molecule has 1 N–H and O–H groups in total. The van der Waals surface area contributed by atoms with Gasteiger partial charge in [0.1, 0.15) is 5.82 Å². The van der Waals surface area contributed by atoms with Gasteiger partial charge in [0.05, 0.1) is 0 Å². The first-order valence-corrected chi connectivity index (χ1v) is 10.5. The number of rotatable bonds is 8. The summed E-state index contributed by atoms with van der Waals surface area (Å²) in [6, 6.07) is 5.83. The predicted molar refractivity (Wildman–Crippen MR) is 96.6 cm³/mol. The van der Waals surface area contributed by atoms with Gasteiger partial charge in [0.25, 0.3) is 0 Å². The first-order valence-electron chi connectivity index (χ1n) is 8.16. The van der Waals surface area contributed by atoms with E-state index in [-0.39, 0.29) is 5.91 Å². The van der Waals surface area contributed by atoms with E-state index < -0.39 is 0 Å². The van der Waals surface area contributed by atoms with Crippen molar-refractivity contribution < 1.29 is 4.79 Å². The molecular formula is C16H22N4OS2. The first kappa shape index (κ1) is 16.6. The average Bonchev–Trinajstić information content (AvgIpc) is 3.22. The standard InChI is InChI=1S/C16H22N4OS2/c21-16(7-2-1-5-13-9-12-22-23-13)17-10-8-15-19-18-14-6-3-4-11-20(14)15/h3-4,6,11,13H,1-2,5,7-10,12H2,(H,17,21)/t13-/m1/s1. The number of carbonyl (C=O) groups excluding carboxylic acids is 1. The summed E-state index contributed by atoms with van der Waals surface area (Å²) in [5.41, 5.74) is 0.844. The van der Waals surface area contributed by atoms with Crippen molar-refractivity contribution in [2.24, 2.45) is 0 Å². The fourth-order valence-corrected chi connectivity index (χ4v) is 5.71. The SMILES string of the molecule is O=C(CCCC[C@@H]1CCSS1)NCCc1nnc2ccccn12. The van der Waals surface area contributed by atoms with Crippen LogP contribution in [0.5, 0.6) is 0 Å². The Labute approximate surface area is 144 Å². The third-order valence-corrected chi connectivity index (χ3v) is 6.97. The highest BCUT2D eigenvalue weighted by molar-refractivity contribution is 8.77. The van der Waals surface area contributed by atoms with Gasteiger partial charge in [-0.05, 0) is 31.4 Å². The van der Waals surface area contributed by atoms with E-state index in [1.807, 2.05) is 50.4 Å². The Bertz CT molecular complexity index is 640. The van der Waals surface area contributed by atoms with E-state index in [0.717, 1.165) is 29.6 Å². The highest BCUT2D eigenvalue weighted by Gasteiger charge is 2.15. The van der Waals surface area contributed by atoms with Crippen LogP contribution in [0.1, 0.15) is 37.9 Å². The van der Waals surface area contributed by atoms with Gasteiger partial charge < -0.3 is 5.32 Å². The van der Waals surface area contributed by atoms with E-state index in [2.05, 4.69) is 15.5 Å². The molecule has 124 valence electrons. The summed E-state index contributed by atoms with van der Waals surface area (Å²) in [4.78, 5) is 11.9. The normalized spacial score (nSPS) is 17.7. The number of hydrogen-bond donors (Lipinski definition) is 1. The van der Waals surface area contributed by atoms with E-state index in [4.69, 9.17) is 0 Å². The molecule has 5 nitrogen and oxygen atoms in total. The number of aromatic nitrogens is 3. The second-order valence-electron chi connectivity index (χ2n) is 5.72. The highest BCUT2D eigenvalue weighted by atomic mass is 33.1. The molecule has 1 aliphatic heterocycles. The maximum atomic E-state index is 11.9. The lowest BCUT2D eigenvalue weighted by Crippen LogP contribution is -2.25. The van der Waals surface area contributed by atoms with Crippen molar-refractivity contribution in [3.05, 3.63) is 30.2 Å². The number of nitrogens with one attached hydrogen (secondary N) is 1. The fourth-order valence-electron chi connectivity index (χ4n) is 2.69. The Morgan fingerprint density at radius 2 is 2.30 bits per heavy atom. The van der Waals surface area contributed by atoms with E-state index in [1.165, 1.54) is 18.6 Å². The predicted octanol–water partition coefficient (Wildman–Crippen LogP) is 3.10. The van der Waals surface area contributed by atoms with E-state index in [9.17, 15) is 4.79 Å². The molecule has 7 heteroatoms. The van der Waals surface area contributed by atoms with Crippen LogP contribution in [0, 0.1) is 0 Å². The number of fused-ring (bicyclic) bond motifs is 1. The Morgan fingerprint density at radius 1 is 1.35 bits per heavy atom. The monoisotopic (exact) mass is 350 g/mol. The third kappa shape index (κ3) is 4.88. The van der Waals surface area contributed by atoms with Crippen LogP contribution in [0.4, 0.5) is 0 Å². The summed E-state index contributed by atoms with van der Waals surface area (Å²) in [5, 5.41) is 12.1. The minimum atomic E-state index is 0.146. The number of carbonyl (C=O) groups is 1. The van der Waals surface area contributed by atoms with Gasteiger partial charge in [-0.15, -0.1) is 10.2 Å². The van der Waals surface area contributed by atoms with Crippen molar-refractivity contribution in [1.29, 1.82) is 0 Å². The van der Waals surface area contributed by atoms with Crippen LogP contribution in [-0.4, -0.2) is 38.1 Å². The number of unbranched alkanes of at least 4 members (excludes halogenated alkanes) is 1. The maximum Gasteiger partial charge on any atom is 0.220 e. The molecule has 0 radical (unpaired) electrons. The van der Waals surface area contributed by atoms with Gasteiger partial charge in [-0.1, -0.05) is 34.1 Å². The molecule has 0 spiro atoms. The first-order chi connectivity index (χ1) is 11.3. The molecule has 3 heterocycles. The Kier molecular flexibility index (Phi) is 6.21. The topological polar surface area (TPSA) is 59.3 Å². The molecule has 1 fully saturated rings. The summed E-state index contributed by atoms with van der Waals surface area (Å²) >= 11 is 0. The van der Waals surface area contributed by atoms with Crippen molar-refractivity contribution >= 4 is 33.1 Å². The van der Waals surface area contributed by atoms with E-state index >= 15 is 0 Å².